The Bertz CT molecular complexity index is 1020. The Labute approximate surface area is 176 Å². The van der Waals surface area contributed by atoms with Gasteiger partial charge >= 0.3 is 0 Å². The molecule has 1 fully saturated rings. The summed E-state index contributed by atoms with van der Waals surface area (Å²) >= 11 is 0. The van der Waals surface area contributed by atoms with E-state index < -0.39 is 0 Å². The molecule has 1 saturated heterocycles. The van der Waals surface area contributed by atoms with E-state index in [1.165, 1.54) is 0 Å². The van der Waals surface area contributed by atoms with E-state index in [9.17, 15) is 9.90 Å². The Morgan fingerprint density at radius 3 is 2.80 bits per heavy atom. The van der Waals surface area contributed by atoms with Crippen molar-refractivity contribution in [3.8, 4) is 5.75 Å². The number of aliphatic hydroxyl groups excluding tert-OH is 1. The average Bonchev–Trinajstić information content (AvgIpc) is 3.27. The minimum absolute atomic E-state index is 0.0599. The molecule has 6 nitrogen and oxygen atoms in total. The monoisotopic (exact) mass is 405 g/mol. The zero-order valence-electron chi connectivity index (χ0n) is 17.2. The molecule has 0 spiro atoms. The molecule has 0 saturated carbocycles. The van der Waals surface area contributed by atoms with Gasteiger partial charge in [-0.1, -0.05) is 30.3 Å². The molecule has 2 heterocycles. The van der Waals surface area contributed by atoms with Crippen molar-refractivity contribution in [1.29, 1.82) is 0 Å². The van der Waals surface area contributed by atoms with Gasteiger partial charge in [0.2, 0.25) is 0 Å². The van der Waals surface area contributed by atoms with Gasteiger partial charge in [-0.3, -0.25) is 4.79 Å². The maximum absolute atomic E-state index is 13.0. The van der Waals surface area contributed by atoms with Crippen molar-refractivity contribution in [2.24, 2.45) is 0 Å². The van der Waals surface area contributed by atoms with Crippen LogP contribution in [0.5, 0.6) is 5.75 Å². The summed E-state index contributed by atoms with van der Waals surface area (Å²) in [7, 11) is 1.65. The second kappa shape index (κ2) is 9.13. The summed E-state index contributed by atoms with van der Waals surface area (Å²) in [4.78, 5) is 19.9. The number of aliphatic hydroxyl groups is 1. The van der Waals surface area contributed by atoms with E-state index in [0.29, 0.717) is 12.1 Å². The number of benzene rings is 2. The highest BCUT2D eigenvalue weighted by Gasteiger charge is 2.26. The lowest BCUT2D eigenvalue weighted by Gasteiger charge is -2.25. The first kappa shape index (κ1) is 20.2. The van der Waals surface area contributed by atoms with Gasteiger partial charge in [0.1, 0.15) is 11.6 Å². The summed E-state index contributed by atoms with van der Waals surface area (Å²) in [5.74, 6) is 1.47. The molecule has 1 atom stereocenters. The number of carbonyl (C=O) groups is 1. The van der Waals surface area contributed by atoms with E-state index in [1.54, 1.807) is 7.11 Å². The van der Waals surface area contributed by atoms with E-state index in [0.717, 1.165) is 53.8 Å². The van der Waals surface area contributed by atoms with Crippen LogP contribution in [-0.4, -0.2) is 48.8 Å². The second-order valence-corrected chi connectivity index (χ2v) is 7.57. The third kappa shape index (κ3) is 4.24. The van der Waals surface area contributed by atoms with Crippen LogP contribution in [-0.2, 0) is 6.42 Å². The van der Waals surface area contributed by atoms with Gasteiger partial charge in [0, 0.05) is 18.5 Å². The van der Waals surface area contributed by atoms with Crippen LogP contribution in [0.15, 0.2) is 54.6 Å². The first-order valence-electron chi connectivity index (χ1n) is 10.4. The van der Waals surface area contributed by atoms with E-state index in [2.05, 4.69) is 10.2 Å². The molecular weight excluding hydrogens is 378 g/mol. The number of aromatic nitrogens is 1. The molecule has 30 heavy (non-hydrogen) atoms. The minimum Gasteiger partial charge on any atom is -0.497 e. The summed E-state index contributed by atoms with van der Waals surface area (Å²) in [6.45, 7) is 1.48. The molecule has 3 aromatic rings. The number of para-hydroxylation sites is 1. The molecule has 156 valence electrons. The lowest BCUT2D eigenvalue weighted by molar-refractivity contribution is 0.0955. The number of hydrogen-bond acceptors (Lipinski definition) is 5. The maximum atomic E-state index is 13.0. The van der Waals surface area contributed by atoms with Crippen LogP contribution in [0.3, 0.4) is 0 Å². The normalized spacial score (nSPS) is 16.1. The number of methoxy groups -OCH3 is 1. The molecule has 1 aromatic heterocycles. The summed E-state index contributed by atoms with van der Waals surface area (Å²) < 4.78 is 5.18. The zero-order chi connectivity index (χ0) is 20.9. The van der Waals surface area contributed by atoms with Gasteiger partial charge in [0.05, 0.1) is 30.8 Å². The summed E-state index contributed by atoms with van der Waals surface area (Å²) in [6, 6.07) is 17.5. The van der Waals surface area contributed by atoms with Gasteiger partial charge < -0.3 is 20.1 Å². The molecule has 0 aliphatic carbocycles. The number of amides is 1. The molecule has 1 aliphatic heterocycles. The fourth-order valence-electron chi connectivity index (χ4n) is 4.03. The van der Waals surface area contributed by atoms with Crippen molar-refractivity contribution >= 4 is 22.6 Å². The van der Waals surface area contributed by atoms with Crippen molar-refractivity contribution < 1.29 is 14.6 Å². The van der Waals surface area contributed by atoms with Crippen LogP contribution in [0.25, 0.3) is 10.9 Å². The van der Waals surface area contributed by atoms with Gasteiger partial charge in [-0.05, 0) is 49.1 Å². The van der Waals surface area contributed by atoms with Gasteiger partial charge in [0.25, 0.3) is 5.91 Å². The molecule has 0 bridgehead atoms. The number of anilines is 1. The number of ether oxygens (including phenoxy) is 1. The Morgan fingerprint density at radius 1 is 1.23 bits per heavy atom. The highest BCUT2D eigenvalue weighted by molar-refractivity contribution is 6.07. The minimum atomic E-state index is -0.108. The number of carbonyl (C=O) groups excluding carboxylic acids is 1. The van der Waals surface area contributed by atoms with Gasteiger partial charge in [-0.25, -0.2) is 4.98 Å². The van der Waals surface area contributed by atoms with Crippen LogP contribution in [0.2, 0.25) is 0 Å². The molecule has 1 amide bonds. The highest BCUT2D eigenvalue weighted by Crippen LogP contribution is 2.28. The second-order valence-electron chi connectivity index (χ2n) is 7.57. The Balaban J connectivity index is 1.53. The van der Waals surface area contributed by atoms with Crippen LogP contribution in [0, 0.1) is 0 Å². The fraction of sp³-hybridized carbons (Fsp3) is 0.333. The molecule has 6 heteroatoms. The number of pyridine rings is 1. The molecular formula is C24H27N3O3. The molecule has 1 unspecified atom stereocenters. The topological polar surface area (TPSA) is 74.7 Å². The molecule has 2 aromatic carbocycles. The smallest absolute Gasteiger partial charge is 0.252 e. The van der Waals surface area contributed by atoms with Crippen molar-refractivity contribution in [3.05, 3.63) is 65.7 Å². The Morgan fingerprint density at radius 2 is 2.03 bits per heavy atom. The highest BCUT2D eigenvalue weighted by atomic mass is 16.5. The van der Waals surface area contributed by atoms with Crippen molar-refractivity contribution in [2.45, 2.75) is 25.3 Å². The number of rotatable bonds is 7. The third-order valence-electron chi connectivity index (χ3n) is 5.69. The first-order valence-corrected chi connectivity index (χ1v) is 10.4. The number of nitrogens with one attached hydrogen (secondary N) is 1. The first-order chi connectivity index (χ1) is 14.7. The van der Waals surface area contributed by atoms with Gasteiger partial charge in [0.15, 0.2) is 0 Å². The third-order valence-corrected chi connectivity index (χ3v) is 5.69. The quantitative estimate of drug-likeness (QED) is 0.632. The Kier molecular flexibility index (Phi) is 6.14. The molecule has 4 rings (SSSR count). The van der Waals surface area contributed by atoms with E-state index in [4.69, 9.17) is 9.72 Å². The van der Waals surface area contributed by atoms with E-state index >= 15 is 0 Å². The molecule has 1 aliphatic rings. The maximum Gasteiger partial charge on any atom is 0.252 e. The molecule has 0 radical (unpaired) electrons. The van der Waals surface area contributed by atoms with Crippen LogP contribution >= 0.6 is 0 Å². The van der Waals surface area contributed by atoms with Crippen LogP contribution < -0.4 is 15.0 Å². The standard InChI is InChI=1S/C24H27N3O3/c1-30-19-10-8-17(9-11-19)12-13-25-24(29)21-15-23(27-14-4-5-18(27)16-28)26-22-7-3-2-6-20(21)22/h2-3,6-11,15,18,28H,4-5,12-14,16H2,1H3,(H,25,29). The predicted octanol–water partition coefficient (Wildman–Crippen LogP) is 3.18. The lowest BCUT2D eigenvalue weighted by Crippen LogP contribution is -2.33. The van der Waals surface area contributed by atoms with E-state index in [1.807, 2.05) is 54.6 Å². The lowest BCUT2D eigenvalue weighted by atomic mass is 10.1. The molecule has 2 N–H and O–H groups in total. The summed E-state index contributed by atoms with van der Waals surface area (Å²) in [5.41, 5.74) is 2.55. The SMILES string of the molecule is COc1ccc(CCNC(=O)c2cc(N3CCCC3CO)nc3ccccc23)cc1. The Hall–Kier alpha value is -3.12. The van der Waals surface area contributed by atoms with Crippen molar-refractivity contribution in [2.75, 3.05) is 31.7 Å². The summed E-state index contributed by atoms with van der Waals surface area (Å²) in [5, 5.41) is 13.6. The number of fused-ring (bicyclic) bond motifs is 1. The van der Waals surface area contributed by atoms with Crippen LogP contribution in [0.4, 0.5) is 5.82 Å². The van der Waals surface area contributed by atoms with Crippen LogP contribution in [0.1, 0.15) is 28.8 Å². The van der Waals surface area contributed by atoms with Crippen molar-refractivity contribution in [3.63, 3.8) is 0 Å². The fourth-order valence-corrected chi connectivity index (χ4v) is 4.03. The van der Waals surface area contributed by atoms with Crippen molar-refractivity contribution in [1.82, 2.24) is 10.3 Å². The average molecular weight is 405 g/mol. The van der Waals surface area contributed by atoms with Gasteiger partial charge in [-0.15, -0.1) is 0 Å². The number of nitrogens with zero attached hydrogens (tertiary/aromatic N) is 2. The van der Waals surface area contributed by atoms with Gasteiger partial charge in [-0.2, -0.15) is 0 Å². The number of hydrogen-bond donors (Lipinski definition) is 2. The predicted molar refractivity (Wildman–Crippen MR) is 118 cm³/mol. The summed E-state index contributed by atoms with van der Waals surface area (Å²) in [6.07, 6.45) is 2.70. The zero-order valence-corrected chi connectivity index (χ0v) is 17.2. The largest absolute Gasteiger partial charge is 0.497 e. The van der Waals surface area contributed by atoms with E-state index in [-0.39, 0.29) is 18.6 Å².